The Morgan fingerprint density at radius 3 is 1.48 bits per heavy atom. The zero-order valence-corrected chi connectivity index (χ0v) is 17.3. The predicted octanol–water partition coefficient (Wildman–Crippen LogP) is 4.94. The van der Waals surface area contributed by atoms with Crippen LogP contribution >= 0.6 is 0 Å². The molecule has 0 aliphatic carbocycles. The first-order valence-corrected chi connectivity index (χ1v) is 8.55. The second-order valence-corrected chi connectivity index (χ2v) is 6.36. The number of ether oxygens (including phenoxy) is 2. The molecule has 2 heterocycles. The Morgan fingerprint density at radius 2 is 1.48 bits per heavy atom. The maximum absolute atomic E-state index is 10.0. The van der Waals surface area contributed by atoms with Gasteiger partial charge in [0.1, 0.15) is 0 Å². The highest BCUT2D eigenvalue weighted by Crippen LogP contribution is 2.29. The Morgan fingerprint density at radius 1 is 1.20 bits per heavy atom. The molecule has 0 aromatic carbocycles. The molecule has 25 heavy (non-hydrogen) atoms. The van der Waals surface area contributed by atoms with E-state index < -0.39 is 0 Å². The molecule has 2 aliphatic heterocycles. The fraction of sp³-hybridized carbons (Fsp3) is 0.619. The van der Waals surface area contributed by atoms with Crippen molar-refractivity contribution >= 4 is 11.6 Å². The van der Waals surface area contributed by atoms with Crippen molar-refractivity contribution in [1.29, 1.82) is 0 Å². The summed E-state index contributed by atoms with van der Waals surface area (Å²) in [6.07, 6.45) is 4.87. The molecule has 146 valence electrons. The molecule has 0 amide bonds. The minimum atomic E-state index is 0.0185. The molecule has 0 spiro atoms. The molecule has 2 saturated heterocycles. The lowest BCUT2D eigenvalue weighted by molar-refractivity contribution is -0.114. The van der Waals surface area contributed by atoms with Crippen molar-refractivity contribution in [3.63, 3.8) is 0 Å². The fourth-order valence-corrected chi connectivity index (χ4v) is 0.751. The highest BCUT2D eigenvalue weighted by atomic mass is 16.6. The van der Waals surface area contributed by atoms with Gasteiger partial charge in [0.15, 0.2) is 11.6 Å². The van der Waals surface area contributed by atoms with Crippen LogP contribution in [0.15, 0.2) is 37.5 Å². The van der Waals surface area contributed by atoms with Gasteiger partial charge in [-0.1, -0.05) is 33.1 Å². The molecule has 0 bridgehead atoms. The number of rotatable bonds is 3. The van der Waals surface area contributed by atoms with Gasteiger partial charge in [-0.05, 0) is 52.7 Å². The summed E-state index contributed by atoms with van der Waals surface area (Å²) >= 11 is 0. The van der Waals surface area contributed by atoms with Crippen LogP contribution in [-0.4, -0.2) is 37.5 Å². The molecule has 0 N–H and O–H groups in total. The van der Waals surface area contributed by atoms with Gasteiger partial charge in [-0.25, -0.2) is 0 Å². The first kappa shape index (κ1) is 28.3. The molecule has 2 fully saturated rings. The van der Waals surface area contributed by atoms with E-state index in [2.05, 4.69) is 40.5 Å². The zero-order chi connectivity index (χ0) is 20.5. The number of hydrogen-bond donors (Lipinski definition) is 0. The number of allylic oxidation sites excluding steroid dienone is 3. The van der Waals surface area contributed by atoms with Crippen molar-refractivity contribution in [2.24, 2.45) is 5.41 Å². The Bertz CT molecular complexity index is 385. The van der Waals surface area contributed by atoms with E-state index in [1.807, 2.05) is 6.92 Å². The minimum absolute atomic E-state index is 0.0185. The summed E-state index contributed by atoms with van der Waals surface area (Å²) in [5.74, 6) is 0.0833. The predicted molar refractivity (Wildman–Crippen MR) is 107 cm³/mol. The second kappa shape index (κ2) is 17.3. The van der Waals surface area contributed by atoms with Crippen LogP contribution in [0.3, 0.4) is 0 Å². The van der Waals surface area contributed by atoms with Crippen molar-refractivity contribution in [3.05, 3.63) is 37.5 Å². The highest BCUT2D eigenvalue weighted by molar-refractivity contribution is 5.91. The lowest BCUT2D eigenvalue weighted by Gasteiger charge is -2.36. The third-order valence-electron chi connectivity index (χ3n) is 3.14. The maximum Gasteiger partial charge on any atom is 0.154 e. The van der Waals surface area contributed by atoms with E-state index in [9.17, 15) is 9.59 Å². The van der Waals surface area contributed by atoms with Crippen LogP contribution in [0.2, 0.25) is 0 Å². The Labute approximate surface area is 155 Å². The van der Waals surface area contributed by atoms with Gasteiger partial charge >= 0.3 is 0 Å². The Hall–Kier alpha value is -1.52. The van der Waals surface area contributed by atoms with E-state index in [4.69, 9.17) is 9.47 Å². The standard InChI is InChI=1S/C6H12O.C5H8O.C4H6O.C3H6O.C3H6/c1-3-6(2)4-7-5-6;1-4(2)5(3)6;1-3-4(2)5;1-3-2-4-3;1-3-2/h3-5H2,1-2H3;1H2,2-3H3;3H,1H2,2H3;3H,2H2,1H3;3H,1H2,2H3. The van der Waals surface area contributed by atoms with E-state index in [0.717, 1.165) is 19.8 Å². The molecule has 0 radical (unpaired) electrons. The molecule has 0 saturated carbocycles. The fourth-order valence-electron chi connectivity index (χ4n) is 0.751. The second-order valence-electron chi connectivity index (χ2n) is 6.36. The molecule has 1 atom stereocenters. The third-order valence-corrected chi connectivity index (χ3v) is 3.14. The number of carbonyl (C=O) groups excluding carboxylic acids is 2. The number of epoxide rings is 1. The highest BCUT2D eigenvalue weighted by Gasteiger charge is 2.30. The van der Waals surface area contributed by atoms with E-state index in [1.54, 1.807) is 13.0 Å². The van der Waals surface area contributed by atoms with Gasteiger partial charge in [0, 0.05) is 5.41 Å². The Kier molecular flexibility index (Phi) is 19.6. The van der Waals surface area contributed by atoms with Crippen LogP contribution in [0.4, 0.5) is 0 Å². The molecule has 4 heteroatoms. The first-order chi connectivity index (χ1) is 11.5. The summed E-state index contributed by atoms with van der Waals surface area (Å²) in [7, 11) is 0. The van der Waals surface area contributed by atoms with Crippen molar-refractivity contribution in [3.8, 4) is 0 Å². The van der Waals surface area contributed by atoms with Crippen molar-refractivity contribution in [1.82, 2.24) is 0 Å². The van der Waals surface area contributed by atoms with Crippen LogP contribution < -0.4 is 0 Å². The summed E-state index contributed by atoms with van der Waals surface area (Å²) in [5.41, 5.74) is 1.16. The van der Waals surface area contributed by atoms with E-state index in [1.165, 1.54) is 26.3 Å². The van der Waals surface area contributed by atoms with Crippen molar-refractivity contribution in [2.45, 2.75) is 61.0 Å². The van der Waals surface area contributed by atoms with E-state index >= 15 is 0 Å². The van der Waals surface area contributed by atoms with Gasteiger partial charge in [0.05, 0.1) is 25.9 Å². The molecule has 0 aromatic rings. The quantitative estimate of drug-likeness (QED) is 0.409. The molecule has 2 rings (SSSR count). The number of hydrogen-bond acceptors (Lipinski definition) is 4. The lowest BCUT2D eigenvalue weighted by Crippen LogP contribution is -2.38. The monoisotopic (exact) mass is 354 g/mol. The average Bonchev–Trinajstić information content (AvgIpc) is 3.29. The van der Waals surface area contributed by atoms with Crippen LogP contribution in [0.5, 0.6) is 0 Å². The van der Waals surface area contributed by atoms with Gasteiger partial charge in [0.2, 0.25) is 0 Å². The maximum atomic E-state index is 10.0. The number of Topliss-reactive ketones (excluding diaryl/α,β-unsaturated/α-hetero) is 1. The summed E-state index contributed by atoms with van der Waals surface area (Å²) in [6, 6.07) is 0. The van der Waals surface area contributed by atoms with Crippen LogP contribution in [0.1, 0.15) is 54.9 Å². The molecule has 2 aliphatic rings. The summed E-state index contributed by atoms with van der Waals surface area (Å²) in [6.45, 7) is 26.0. The van der Waals surface area contributed by atoms with E-state index in [0.29, 0.717) is 17.1 Å². The van der Waals surface area contributed by atoms with Crippen LogP contribution in [0.25, 0.3) is 0 Å². The van der Waals surface area contributed by atoms with Crippen molar-refractivity contribution in [2.75, 3.05) is 19.8 Å². The van der Waals surface area contributed by atoms with Gasteiger partial charge < -0.3 is 9.47 Å². The normalized spacial score (nSPS) is 17.5. The Balaban J connectivity index is -0.000000249. The topological polar surface area (TPSA) is 55.9 Å². The van der Waals surface area contributed by atoms with Gasteiger partial charge in [-0.15, -0.1) is 6.58 Å². The largest absolute Gasteiger partial charge is 0.380 e. The summed E-state index contributed by atoms with van der Waals surface area (Å²) in [5, 5.41) is 0. The van der Waals surface area contributed by atoms with Gasteiger partial charge in [-0.3, -0.25) is 9.59 Å². The molecular weight excluding hydrogens is 316 g/mol. The molecule has 4 nitrogen and oxygen atoms in total. The lowest BCUT2D eigenvalue weighted by atomic mass is 9.86. The van der Waals surface area contributed by atoms with Crippen LogP contribution in [-0.2, 0) is 19.1 Å². The van der Waals surface area contributed by atoms with Gasteiger partial charge in [-0.2, -0.15) is 0 Å². The number of ketones is 2. The van der Waals surface area contributed by atoms with Crippen molar-refractivity contribution < 1.29 is 19.1 Å². The molecule has 0 aromatic heterocycles. The van der Waals surface area contributed by atoms with Gasteiger partial charge in [0.25, 0.3) is 0 Å². The molecular formula is C21H38O4. The smallest absolute Gasteiger partial charge is 0.154 e. The summed E-state index contributed by atoms with van der Waals surface area (Å²) < 4.78 is 9.74. The number of carbonyl (C=O) groups is 2. The average molecular weight is 355 g/mol. The molecule has 1 unspecified atom stereocenters. The first-order valence-electron chi connectivity index (χ1n) is 8.55. The SMILES string of the molecule is C=C(C)C(C)=O.C=CC.C=CC(C)=O.CC1CO1.CCC1(C)COC1. The van der Waals surface area contributed by atoms with E-state index in [-0.39, 0.29) is 11.6 Å². The summed E-state index contributed by atoms with van der Waals surface area (Å²) in [4.78, 5) is 19.7. The third kappa shape index (κ3) is 27.6. The minimum Gasteiger partial charge on any atom is -0.380 e. The zero-order valence-electron chi connectivity index (χ0n) is 17.3. The van der Waals surface area contributed by atoms with Crippen LogP contribution in [0, 0.1) is 5.41 Å².